The highest BCUT2D eigenvalue weighted by atomic mass is 35.5. The van der Waals surface area contributed by atoms with Crippen LogP contribution in [0.2, 0.25) is 5.15 Å². The van der Waals surface area contributed by atoms with Crippen molar-refractivity contribution in [2.75, 3.05) is 5.73 Å². The molecule has 0 aromatic carbocycles. The van der Waals surface area contributed by atoms with Crippen molar-refractivity contribution in [2.24, 2.45) is 0 Å². The molecule has 0 radical (unpaired) electrons. The Labute approximate surface area is 101 Å². The Morgan fingerprint density at radius 1 is 1.19 bits per heavy atom. The molecule has 2 aromatic rings. The Bertz CT molecular complexity index is 502. The number of hydrogen-bond donors (Lipinski definition) is 1. The number of nitrogens with zero attached hydrogens (tertiary/aromatic N) is 4. The van der Waals surface area contributed by atoms with E-state index in [0.717, 1.165) is 5.56 Å². The number of nitrogens with two attached hydrogens (primary N) is 1. The highest BCUT2D eigenvalue weighted by Gasteiger charge is 2.09. The van der Waals surface area contributed by atoms with Gasteiger partial charge in [0.25, 0.3) is 0 Å². The van der Waals surface area contributed by atoms with Crippen molar-refractivity contribution >= 4 is 29.1 Å². The smallest absolute Gasteiger partial charge is 0.193 e. The van der Waals surface area contributed by atoms with Gasteiger partial charge in [0, 0.05) is 12.4 Å². The van der Waals surface area contributed by atoms with Crippen LogP contribution in [-0.4, -0.2) is 19.9 Å². The van der Waals surface area contributed by atoms with Crippen molar-refractivity contribution < 1.29 is 0 Å². The summed E-state index contributed by atoms with van der Waals surface area (Å²) in [6.45, 7) is 1.92. The van der Waals surface area contributed by atoms with Gasteiger partial charge in [0.1, 0.15) is 17.0 Å². The molecular weight excluding hydrogens is 246 g/mol. The van der Waals surface area contributed by atoms with Crippen LogP contribution in [0.5, 0.6) is 0 Å². The molecule has 0 amide bonds. The third kappa shape index (κ3) is 2.40. The molecule has 0 aliphatic rings. The summed E-state index contributed by atoms with van der Waals surface area (Å²) in [5.74, 6) is 0. The first kappa shape index (κ1) is 11.1. The van der Waals surface area contributed by atoms with E-state index < -0.39 is 0 Å². The maximum Gasteiger partial charge on any atom is 0.193 e. The molecule has 16 heavy (non-hydrogen) atoms. The highest BCUT2D eigenvalue weighted by Crippen LogP contribution is 2.30. The standard InChI is InChI=1S/C9H8ClN5S/c1-5-2-12-9(13-3-5)16-8-6(11)7(10)14-4-15-8/h2-4H,11H2,1H3. The number of anilines is 1. The van der Waals surface area contributed by atoms with E-state index in [4.69, 9.17) is 17.3 Å². The van der Waals surface area contributed by atoms with Crippen LogP contribution >= 0.6 is 23.4 Å². The van der Waals surface area contributed by atoms with E-state index in [0.29, 0.717) is 15.9 Å². The van der Waals surface area contributed by atoms with Gasteiger partial charge < -0.3 is 5.73 Å². The third-order valence-corrected chi connectivity index (χ3v) is 2.96. The lowest BCUT2D eigenvalue weighted by molar-refractivity contribution is 0.942. The second kappa shape index (κ2) is 4.63. The van der Waals surface area contributed by atoms with Gasteiger partial charge in [-0.3, -0.25) is 0 Å². The highest BCUT2D eigenvalue weighted by molar-refractivity contribution is 7.99. The molecule has 5 nitrogen and oxygen atoms in total. The van der Waals surface area contributed by atoms with E-state index >= 15 is 0 Å². The van der Waals surface area contributed by atoms with E-state index in [2.05, 4.69) is 19.9 Å². The molecule has 0 saturated heterocycles. The topological polar surface area (TPSA) is 77.6 Å². The number of halogens is 1. The lowest BCUT2D eigenvalue weighted by atomic mass is 10.4. The van der Waals surface area contributed by atoms with E-state index in [1.54, 1.807) is 12.4 Å². The zero-order chi connectivity index (χ0) is 11.5. The minimum Gasteiger partial charge on any atom is -0.394 e. The Morgan fingerprint density at radius 2 is 1.88 bits per heavy atom. The molecule has 0 atom stereocenters. The molecular formula is C9H8ClN5S. The second-order valence-electron chi connectivity index (χ2n) is 3.03. The molecule has 82 valence electrons. The van der Waals surface area contributed by atoms with Gasteiger partial charge in [-0.2, -0.15) is 0 Å². The number of aryl methyl sites for hydroxylation is 1. The molecule has 0 bridgehead atoms. The predicted octanol–water partition coefficient (Wildman–Crippen LogP) is 1.96. The Hall–Kier alpha value is -1.40. The first-order chi connectivity index (χ1) is 7.66. The van der Waals surface area contributed by atoms with Crippen LogP contribution in [0.15, 0.2) is 28.9 Å². The molecule has 2 N–H and O–H groups in total. The van der Waals surface area contributed by atoms with Crippen molar-refractivity contribution in [3.05, 3.63) is 29.4 Å². The number of nitrogen functional groups attached to an aromatic ring is 1. The summed E-state index contributed by atoms with van der Waals surface area (Å²) in [5.41, 5.74) is 7.07. The fourth-order valence-electron chi connectivity index (χ4n) is 0.961. The largest absolute Gasteiger partial charge is 0.394 e. The van der Waals surface area contributed by atoms with Crippen molar-refractivity contribution in [1.82, 2.24) is 19.9 Å². The monoisotopic (exact) mass is 253 g/mol. The molecule has 0 aliphatic heterocycles. The van der Waals surface area contributed by atoms with Crippen LogP contribution in [0.3, 0.4) is 0 Å². The van der Waals surface area contributed by atoms with Gasteiger partial charge >= 0.3 is 0 Å². The van der Waals surface area contributed by atoms with E-state index in [1.165, 1.54) is 18.1 Å². The first-order valence-electron chi connectivity index (χ1n) is 4.39. The summed E-state index contributed by atoms with van der Waals surface area (Å²) in [7, 11) is 0. The fourth-order valence-corrected chi connectivity index (χ4v) is 1.84. The fraction of sp³-hybridized carbons (Fsp3) is 0.111. The molecule has 2 heterocycles. The third-order valence-electron chi connectivity index (χ3n) is 1.74. The molecule has 0 aliphatic carbocycles. The zero-order valence-electron chi connectivity index (χ0n) is 8.38. The van der Waals surface area contributed by atoms with Gasteiger partial charge in [0.2, 0.25) is 0 Å². The Kier molecular flexibility index (Phi) is 3.21. The maximum absolute atomic E-state index is 5.78. The summed E-state index contributed by atoms with van der Waals surface area (Å²) in [4.78, 5) is 16.1. The van der Waals surface area contributed by atoms with Gasteiger partial charge in [-0.15, -0.1) is 0 Å². The number of hydrogen-bond acceptors (Lipinski definition) is 6. The summed E-state index contributed by atoms with van der Waals surface area (Å²) in [6, 6.07) is 0. The van der Waals surface area contributed by atoms with Crippen LogP contribution in [-0.2, 0) is 0 Å². The van der Waals surface area contributed by atoms with Gasteiger partial charge in [0.05, 0.1) is 0 Å². The summed E-state index contributed by atoms with van der Waals surface area (Å²) < 4.78 is 0. The zero-order valence-corrected chi connectivity index (χ0v) is 9.96. The Balaban J connectivity index is 2.27. The van der Waals surface area contributed by atoms with E-state index in [-0.39, 0.29) is 5.15 Å². The first-order valence-corrected chi connectivity index (χ1v) is 5.58. The lowest BCUT2D eigenvalue weighted by Gasteiger charge is -2.03. The average molecular weight is 254 g/mol. The van der Waals surface area contributed by atoms with Gasteiger partial charge in [-0.05, 0) is 24.2 Å². The van der Waals surface area contributed by atoms with E-state index in [1.807, 2.05) is 6.92 Å². The lowest BCUT2D eigenvalue weighted by Crippen LogP contribution is -1.96. The van der Waals surface area contributed by atoms with Crippen LogP contribution in [0, 0.1) is 6.92 Å². The van der Waals surface area contributed by atoms with Crippen LogP contribution in [0.4, 0.5) is 5.69 Å². The molecule has 0 saturated carbocycles. The average Bonchev–Trinajstić information content (AvgIpc) is 2.28. The predicted molar refractivity (Wildman–Crippen MR) is 62.3 cm³/mol. The van der Waals surface area contributed by atoms with Crippen LogP contribution in [0.1, 0.15) is 5.56 Å². The van der Waals surface area contributed by atoms with Crippen molar-refractivity contribution in [3.63, 3.8) is 0 Å². The molecule has 2 rings (SSSR count). The summed E-state index contributed by atoms with van der Waals surface area (Å²) >= 11 is 7.03. The SMILES string of the molecule is Cc1cnc(Sc2ncnc(Cl)c2N)nc1. The van der Waals surface area contributed by atoms with Crippen molar-refractivity contribution in [3.8, 4) is 0 Å². The van der Waals surface area contributed by atoms with Gasteiger partial charge in [-0.25, -0.2) is 19.9 Å². The summed E-state index contributed by atoms with van der Waals surface area (Å²) in [6.07, 6.45) is 4.82. The minimum absolute atomic E-state index is 0.240. The molecule has 0 fully saturated rings. The maximum atomic E-state index is 5.78. The van der Waals surface area contributed by atoms with Crippen molar-refractivity contribution in [2.45, 2.75) is 17.1 Å². The number of aromatic nitrogens is 4. The molecule has 7 heteroatoms. The minimum atomic E-state index is 0.240. The van der Waals surface area contributed by atoms with Crippen LogP contribution < -0.4 is 5.73 Å². The van der Waals surface area contributed by atoms with Crippen molar-refractivity contribution in [1.29, 1.82) is 0 Å². The Morgan fingerprint density at radius 3 is 2.56 bits per heavy atom. The van der Waals surface area contributed by atoms with Gasteiger partial charge in [-0.1, -0.05) is 11.6 Å². The molecule has 2 aromatic heterocycles. The molecule has 0 unspecified atom stereocenters. The number of rotatable bonds is 2. The second-order valence-corrected chi connectivity index (χ2v) is 4.34. The molecule has 0 spiro atoms. The summed E-state index contributed by atoms with van der Waals surface area (Å²) in [5, 5.41) is 1.38. The normalized spacial score (nSPS) is 10.4. The van der Waals surface area contributed by atoms with Crippen LogP contribution in [0.25, 0.3) is 0 Å². The van der Waals surface area contributed by atoms with Gasteiger partial charge in [0.15, 0.2) is 10.3 Å². The van der Waals surface area contributed by atoms with E-state index in [9.17, 15) is 0 Å². The quantitative estimate of drug-likeness (QED) is 0.651.